The van der Waals surface area contributed by atoms with Gasteiger partial charge in [0.1, 0.15) is 5.82 Å². The van der Waals surface area contributed by atoms with Gasteiger partial charge < -0.3 is 4.90 Å². The van der Waals surface area contributed by atoms with Crippen molar-refractivity contribution in [3.8, 4) is 0 Å². The molecule has 0 spiro atoms. The predicted molar refractivity (Wildman–Crippen MR) is 127 cm³/mol. The first-order valence-corrected chi connectivity index (χ1v) is 12.7. The number of nitrogens with zero attached hydrogens (tertiary/aromatic N) is 5. The summed E-state index contributed by atoms with van der Waals surface area (Å²) in [5.74, 6) is 0.800. The third-order valence-electron chi connectivity index (χ3n) is 5.66. The SMILES string of the molecule is Cc1ccc(Cc2nsc(N3CCN(S(=O)(=O)c4ccc5ncccc5c4)CC3)n2)cc1. The van der Waals surface area contributed by atoms with Gasteiger partial charge in [-0.2, -0.15) is 8.68 Å². The number of benzene rings is 2. The number of rotatable bonds is 5. The molecular formula is C23H23N5O2S2. The lowest BCUT2D eigenvalue weighted by Crippen LogP contribution is -2.48. The second kappa shape index (κ2) is 8.57. The summed E-state index contributed by atoms with van der Waals surface area (Å²) in [4.78, 5) is 11.4. The Morgan fingerprint density at radius 3 is 2.56 bits per heavy atom. The van der Waals surface area contributed by atoms with E-state index in [0.29, 0.717) is 37.5 Å². The van der Waals surface area contributed by atoms with Gasteiger partial charge in [0.05, 0.1) is 10.4 Å². The van der Waals surface area contributed by atoms with Crippen LogP contribution in [0.15, 0.2) is 65.7 Å². The normalized spacial score (nSPS) is 15.3. The molecule has 0 radical (unpaired) electrons. The van der Waals surface area contributed by atoms with E-state index >= 15 is 0 Å². The van der Waals surface area contributed by atoms with Crippen LogP contribution in [0.3, 0.4) is 0 Å². The first-order chi connectivity index (χ1) is 15.5. The topological polar surface area (TPSA) is 79.3 Å². The summed E-state index contributed by atoms with van der Waals surface area (Å²) >= 11 is 1.37. The number of anilines is 1. The maximum Gasteiger partial charge on any atom is 0.243 e. The van der Waals surface area contributed by atoms with E-state index in [4.69, 9.17) is 0 Å². The van der Waals surface area contributed by atoms with Crippen LogP contribution in [0.25, 0.3) is 10.9 Å². The molecule has 5 rings (SSSR count). The zero-order valence-electron chi connectivity index (χ0n) is 17.7. The molecule has 4 aromatic rings. The van der Waals surface area contributed by atoms with E-state index in [-0.39, 0.29) is 0 Å². The zero-order valence-corrected chi connectivity index (χ0v) is 19.3. The molecule has 7 nitrogen and oxygen atoms in total. The number of hydrogen-bond donors (Lipinski definition) is 0. The number of piperazine rings is 1. The van der Waals surface area contributed by atoms with Crippen molar-refractivity contribution < 1.29 is 8.42 Å². The van der Waals surface area contributed by atoms with E-state index in [9.17, 15) is 8.42 Å². The summed E-state index contributed by atoms with van der Waals surface area (Å²) in [7, 11) is -3.55. The largest absolute Gasteiger partial charge is 0.344 e. The summed E-state index contributed by atoms with van der Waals surface area (Å²) in [6, 6.07) is 17.2. The van der Waals surface area contributed by atoms with Gasteiger partial charge in [-0.25, -0.2) is 13.4 Å². The molecular weight excluding hydrogens is 442 g/mol. The van der Waals surface area contributed by atoms with Crippen molar-refractivity contribution >= 4 is 37.6 Å². The maximum absolute atomic E-state index is 13.2. The lowest BCUT2D eigenvalue weighted by molar-refractivity contribution is 0.384. The van der Waals surface area contributed by atoms with Crippen LogP contribution in [0.1, 0.15) is 17.0 Å². The number of sulfonamides is 1. The minimum Gasteiger partial charge on any atom is -0.344 e. The van der Waals surface area contributed by atoms with Crippen LogP contribution >= 0.6 is 11.5 Å². The molecule has 0 aliphatic carbocycles. The second-order valence-electron chi connectivity index (χ2n) is 7.90. The molecule has 0 N–H and O–H groups in total. The quantitative estimate of drug-likeness (QED) is 0.449. The van der Waals surface area contributed by atoms with Crippen molar-refractivity contribution in [2.75, 3.05) is 31.1 Å². The average Bonchev–Trinajstić information content (AvgIpc) is 3.29. The van der Waals surface area contributed by atoms with Crippen molar-refractivity contribution in [3.63, 3.8) is 0 Å². The van der Waals surface area contributed by atoms with Crippen molar-refractivity contribution in [1.82, 2.24) is 18.6 Å². The first-order valence-electron chi connectivity index (χ1n) is 10.5. The monoisotopic (exact) mass is 465 g/mol. The minimum atomic E-state index is -3.55. The number of aryl methyl sites for hydroxylation is 1. The molecule has 164 valence electrons. The van der Waals surface area contributed by atoms with Gasteiger partial charge in [0.15, 0.2) is 0 Å². The molecule has 2 aromatic carbocycles. The summed E-state index contributed by atoms with van der Waals surface area (Å²) in [6.07, 6.45) is 2.40. The highest BCUT2D eigenvalue weighted by molar-refractivity contribution is 7.89. The third kappa shape index (κ3) is 4.23. The average molecular weight is 466 g/mol. The number of hydrogen-bond acceptors (Lipinski definition) is 7. The lowest BCUT2D eigenvalue weighted by Gasteiger charge is -2.33. The standard InChI is InChI=1S/C23H23N5O2S2/c1-17-4-6-18(7-5-17)15-22-25-23(31-26-22)27-11-13-28(14-12-27)32(29,30)20-8-9-21-19(16-20)3-2-10-24-21/h2-10,16H,11-15H2,1H3. The van der Waals surface area contributed by atoms with Crippen LogP contribution < -0.4 is 4.90 Å². The van der Waals surface area contributed by atoms with Gasteiger partial charge in [0.2, 0.25) is 15.2 Å². The van der Waals surface area contributed by atoms with Gasteiger partial charge in [0.25, 0.3) is 0 Å². The van der Waals surface area contributed by atoms with Crippen LogP contribution in [0, 0.1) is 6.92 Å². The highest BCUT2D eigenvalue weighted by Gasteiger charge is 2.29. The molecule has 0 unspecified atom stereocenters. The Morgan fingerprint density at radius 2 is 1.78 bits per heavy atom. The van der Waals surface area contributed by atoms with Crippen molar-refractivity contribution in [1.29, 1.82) is 0 Å². The number of aromatic nitrogens is 3. The Labute approximate surface area is 191 Å². The Balaban J connectivity index is 1.25. The molecule has 3 heterocycles. The fourth-order valence-electron chi connectivity index (χ4n) is 3.82. The van der Waals surface area contributed by atoms with E-state index in [2.05, 4.69) is 50.4 Å². The highest BCUT2D eigenvalue weighted by atomic mass is 32.2. The van der Waals surface area contributed by atoms with Crippen LogP contribution in [0.4, 0.5) is 5.13 Å². The molecule has 0 amide bonds. The molecule has 1 aliphatic heterocycles. The van der Waals surface area contributed by atoms with E-state index < -0.39 is 10.0 Å². The van der Waals surface area contributed by atoms with Gasteiger partial charge in [-0.05, 0) is 36.8 Å². The van der Waals surface area contributed by atoms with Crippen molar-refractivity contribution in [2.24, 2.45) is 0 Å². The van der Waals surface area contributed by atoms with Crippen LogP contribution in [0.5, 0.6) is 0 Å². The Hall–Kier alpha value is -2.88. The molecule has 32 heavy (non-hydrogen) atoms. The Morgan fingerprint density at radius 1 is 1.00 bits per heavy atom. The first kappa shape index (κ1) is 21.0. The maximum atomic E-state index is 13.2. The molecule has 1 fully saturated rings. The summed E-state index contributed by atoms with van der Waals surface area (Å²) in [6.45, 7) is 4.08. The number of fused-ring (bicyclic) bond motifs is 1. The fraction of sp³-hybridized carbons (Fsp3) is 0.261. The third-order valence-corrected chi connectivity index (χ3v) is 8.37. The molecule has 9 heteroatoms. The van der Waals surface area contributed by atoms with Crippen LogP contribution in [0.2, 0.25) is 0 Å². The predicted octanol–water partition coefficient (Wildman–Crippen LogP) is 3.50. The molecule has 0 bridgehead atoms. The summed E-state index contributed by atoms with van der Waals surface area (Å²) < 4.78 is 32.4. The molecule has 0 atom stereocenters. The molecule has 0 saturated carbocycles. The highest BCUT2D eigenvalue weighted by Crippen LogP contribution is 2.25. The zero-order chi connectivity index (χ0) is 22.1. The Kier molecular flexibility index (Phi) is 5.62. The van der Waals surface area contributed by atoms with E-state index in [1.165, 1.54) is 22.7 Å². The van der Waals surface area contributed by atoms with Crippen molar-refractivity contribution in [2.45, 2.75) is 18.2 Å². The van der Waals surface area contributed by atoms with Gasteiger partial charge in [-0.1, -0.05) is 35.9 Å². The summed E-state index contributed by atoms with van der Waals surface area (Å²) in [5, 5.41) is 1.67. The van der Waals surface area contributed by atoms with Gasteiger partial charge in [-0.3, -0.25) is 4.98 Å². The van der Waals surface area contributed by atoms with Gasteiger partial charge in [-0.15, -0.1) is 0 Å². The van der Waals surface area contributed by atoms with E-state index in [1.807, 2.05) is 12.1 Å². The van der Waals surface area contributed by atoms with Gasteiger partial charge in [0, 0.05) is 55.7 Å². The van der Waals surface area contributed by atoms with Gasteiger partial charge >= 0.3 is 0 Å². The molecule has 2 aromatic heterocycles. The number of pyridine rings is 1. The van der Waals surface area contributed by atoms with Crippen LogP contribution in [-0.2, 0) is 16.4 Å². The smallest absolute Gasteiger partial charge is 0.243 e. The van der Waals surface area contributed by atoms with Crippen molar-refractivity contribution in [3.05, 3.63) is 77.7 Å². The second-order valence-corrected chi connectivity index (χ2v) is 10.6. The molecule has 1 aliphatic rings. The van der Waals surface area contributed by atoms with E-state index in [1.54, 1.807) is 28.7 Å². The summed E-state index contributed by atoms with van der Waals surface area (Å²) in [5.41, 5.74) is 3.20. The lowest BCUT2D eigenvalue weighted by atomic mass is 10.1. The van der Waals surface area contributed by atoms with Crippen LogP contribution in [-0.4, -0.2) is 53.2 Å². The molecule has 1 saturated heterocycles. The Bertz CT molecular complexity index is 1340. The van der Waals surface area contributed by atoms with E-state index in [0.717, 1.165) is 21.9 Å². The fourth-order valence-corrected chi connectivity index (χ4v) is 6.01. The minimum absolute atomic E-state index is 0.308.